The van der Waals surface area contributed by atoms with Crippen molar-refractivity contribution in [1.82, 2.24) is 19.2 Å². The molecule has 6 nitrogen and oxygen atoms in total. The van der Waals surface area contributed by atoms with Crippen LogP contribution >= 0.6 is 0 Å². The molecule has 0 fully saturated rings. The zero-order valence-electron chi connectivity index (χ0n) is 21.9. The summed E-state index contributed by atoms with van der Waals surface area (Å²) in [6.45, 7) is 6.69. The van der Waals surface area contributed by atoms with Crippen LogP contribution in [0.25, 0.3) is 11.5 Å². The van der Waals surface area contributed by atoms with Gasteiger partial charge in [0, 0.05) is 17.4 Å². The highest BCUT2D eigenvalue weighted by atomic mass is 16.2. The molecule has 38 heavy (non-hydrogen) atoms. The SMILES string of the molecule is CCc1nn(-c2ccccc2)c2c1CN(C(=O)Nc1ccc(C)cc1)C(c1cccc(C)c1)c1cccn1-2. The highest BCUT2D eigenvalue weighted by molar-refractivity contribution is 5.90. The molecule has 6 rings (SSSR count). The first kappa shape index (κ1) is 23.8. The van der Waals surface area contributed by atoms with E-state index in [1.165, 1.54) is 0 Å². The van der Waals surface area contributed by atoms with Crippen molar-refractivity contribution in [3.05, 3.63) is 131 Å². The fourth-order valence-electron chi connectivity index (χ4n) is 5.37. The van der Waals surface area contributed by atoms with Gasteiger partial charge in [-0.3, -0.25) is 0 Å². The van der Waals surface area contributed by atoms with Crippen LogP contribution in [0.4, 0.5) is 10.5 Å². The molecular weight excluding hydrogens is 470 g/mol. The Balaban J connectivity index is 1.55. The highest BCUT2D eigenvalue weighted by Crippen LogP contribution is 2.39. The number of nitrogens with zero attached hydrogens (tertiary/aromatic N) is 4. The number of fused-ring (bicyclic) bond motifs is 3. The van der Waals surface area contributed by atoms with Crippen molar-refractivity contribution in [2.24, 2.45) is 0 Å². The number of para-hydroxylation sites is 1. The first-order chi connectivity index (χ1) is 18.5. The lowest BCUT2D eigenvalue weighted by atomic mass is 10.00. The minimum absolute atomic E-state index is 0.143. The smallest absolute Gasteiger partial charge is 0.308 e. The van der Waals surface area contributed by atoms with E-state index >= 15 is 0 Å². The molecule has 1 atom stereocenters. The van der Waals surface area contributed by atoms with E-state index in [2.05, 4.69) is 78.5 Å². The summed E-state index contributed by atoms with van der Waals surface area (Å²) < 4.78 is 4.23. The first-order valence-electron chi connectivity index (χ1n) is 13.1. The highest BCUT2D eigenvalue weighted by Gasteiger charge is 2.36. The van der Waals surface area contributed by atoms with Gasteiger partial charge in [-0.2, -0.15) is 5.10 Å². The van der Waals surface area contributed by atoms with Crippen molar-refractivity contribution in [3.63, 3.8) is 0 Å². The number of urea groups is 1. The van der Waals surface area contributed by atoms with Crippen LogP contribution in [0.1, 0.15) is 46.6 Å². The van der Waals surface area contributed by atoms with Crippen molar-refractivity contribution in [2.45, 2.75) is 39.8 Å². The fourth-order valence-corrected chi connectivity index (χ4v) is 5.37. The lowest BCUT2D eigenvalue weighted by Gasteiger charge is -2.31. The minimum atomic E-state index is -0.281. The number of carbonyl (C=O) groups is 1. The maximum atomic E-state index is 14.1. The molecule has 6 heteroatoms. The third-order valence-electron chi connectivity index (χ3n) is 7.23. The molecule has 0 aliphatic carbocycles. The van der Waals surface area contributed by atoms with E-state index in [9.17, 15) is 4.79 Å². The second-order valence-electron chi connectivity index (χ2n) is 9.89. The summed E-state index contributed by atoms with van der Waals surface area (Å²) in [4.78, 5) is 16.0. The normalized spacial score (nSPS) is 14.5. The second kappa shape index (κ2) is 9.71. The average Bonchev–Trinajstić information content (AvgIpc) is 3.51. The Kier molecular flexibility index (Phi) is 6.08. The molecule has 3 heterocycles. The van der Waals surface area contributed by atoms with Crippen molar-refractivity contribution in [2.75, 3.05) is 5.32 Å². The van der Waals surface area contributed by atoms with Crippen LogP contribution in [-0.4, -0.2) is 25.3 Å². The quantitative estimate of drug-likeness (QED) is 0.289. The lowest BCUT2D eigenvalue weighted by molar-refractivity contribution is 0.194. The zero-order valence-corrected chi connectivity index (χ0v) is 21.9. The molecule has 1 aliphatic rings. The van der Waals surface area contributed by atoms with Crippen LogP contribution in [0.2, 0.25) is 0 Å². The fraction of sp³-hybridized carbons (Fsp3) is 0.188. The largest absolute Gasteiger partial charge is 0.322 e. The number of nitrogens with one attached hydrogen (secondary N) is 1. The van der Waals surface area contributed by atoms with Crippen molar-refractivity contribution in [3.8, 4) is 11.5 Å². The van der Waals surface area contributed by atoms with Crippen molar-refractivity contribution in [1.29, 1.82) is 0 Å². The third-order valence-corrected chi connectivity index (χ3v) is 7.23. The Bertz CT molecular complexity index is 1600. The molecule has 1 aliphatic heterocycles. The van der Waals surface area contributed by atoms with Gasteiger partial charge in [-0.05, 0) is 62.2 Å². The van der Waals surface area contributed by atoms with Crippen molar-refractivity contribution < 1.29 is 4.79 Å². The number of anilines is 1. The summed E-state index contributed by atoms with van der Waals surface area (Å²) in [5.74, 6) is 0.983. The number of amides is 2. The van der Waals surface area contributed by atoms with Gasteiger partial charge in [0.15, 0.2) is 0 Å². The number of rotatable bonds is 4. The van der Waals surface area contributed by atoms with Gasteiger partial charge in [0.05, 0.1) is 29.7 Å². The molecule has 0 saturated heterocycles. The molecule has 1 N–H and O–H groups in total. The Morgan fingerprint density at radius 1 is 0.921 bits per heavy atom. The molecule has 0 saturated carbocycles. The average molecular weight is 502 g/mol. The zero-order chi connectivity index (χ0) is 26.2. The first-order valence-corrected chi connectivity index (χ1v) is 13.1. The molecule has 2 aromatic heterocycles. The van der Waals surface area contributed by atoms with E-state index < -0.39 is 0 Å². The molecule has 0 radical (unpaired) electrons. The van der Waals surface area contributed by atoms with Crippen LogP contribution < -0.4 is 5.32 Å². The minimum Gasteiger partial charge on any atom is -0.308 e. The molecule has 2 amide bonds. The number of carbonyl (C=O) groups excluding carboxylic acids is 1. The molecule has 3 aromatic carbocycles. The predicted octanol–water partition coefficient (Wildman–Crippen LogP) is 6.98. The van der Waals surface area contributed by atoms with Gasteiger partial charge in [-0.15, -0.1) is 0 Å². The number of aromatic nitrogens is 3. The van der Waals surface area contributed by atoms with E-state index in [0.717, 1.165) is 57.3 Å². The number of hydrogen-bond acceptors (Lipinski definition) is 2. The Labute approximate surface area is 223 Å². The van der Waals surface area contributed by atoms with Crippen LogP contribution in [0.15, 0.2) is 97.2 Å². The molecule has 0 spiro atoms. The maximum Gasteiger partial charge on any atom is 0.322 e. The van der Waals surface area contributed by atoms with E-state index in [-0.39, 0.29) is 12.1 Å². The van der Waals surface area contributed by atoms with E-state index in [1.54, 1.807) is 0 Å². The molecule has 0 bridgehead atoms. The van der Waals surface area contributed by atoms with Gasteiger partial charge < -0.3 is 14.8 Å². The van der Waals surface area contributed by atoms with Crippen LogP contribution in [-0.2, 0) is 13.0 Å². The standard InChI is InChI=1S/C32H31N5O/c1-4-28-27-21-36(32(38)33-25-17-15-22(2)16-18-25)30(24-11-8-10-23(3)20-24)29-14-9-19-35(29)31(27)37(34-28)26-12-6-5-7-13-26/h5-20,30H,4,21H2,1-3H3,(H,33,38). The molecular formula is C32H31N5O. The summed E-state index contributed by atoms with van der Waals surface area (Å²) in [6, 6.07) is 30.3. The number of aryl methyl sites for hydroxylation is 3. The summed E-state index contributed by atoms with van der Waals surface area (Å²) in [5, 5.41) is 8.20. The van der Waals surface area contributed by atoms with Crippen LogP contribution in [0.5, 0.6) is 0 Å². The van der Waals surface area contributed by atoms with Gasteiger partial charge in [0.1, 0.15) is 5.82 Å². The monoisotopic (exact) mass is 501 g/mol. The molecule has 5 aromatic rings. The van der Waals surface area contributed by atoms with Gasteiger partial charge >= 0.3 is 6.03 Å². The second-order valence-corrected chi connectivity index (χ2v) is 9.89. The maximum absolute atomic E-state index is 14.1. The lowest BCUT2D eigenvalue weighted by Crippen LogP contribution is -2.38. The van der Waals surface area contributed by atoms with Gasteiger partial charge in [0.25, 0.3) is 0 Å². The summed E-state index contributed by atoms with van der Waals surface area (Å²) in [5.41, 5.74) is 8.22. The molecule has 190 valence electrons. The van der Waals surface area contributed by atoms with Crippen LogP contribution in [0, 0.1) is 13.8 Å². The summed E-state index contributed by atoms with van der Waals surface area (Å²) >= 11 is 0. The van der Waals surface area contributed by atoms with Gasteiger partial charge in [-0.1, -0.05) is 72.6 Å². The molecule has 1 unspecified atom stereocenters. The van der Waals surface area contributed by atoms with Gasteiger partial charge in [0.2, 0.25) is 0 Å². The summed E-state index contributed by atoms with van der Waals surface area (Å²) in [7, 11) is 0. The van der Waals surface area contributed by atoms with Crippen LogP contribution in [0.3, 0.4) is 0 Å². The summed E-state index contributed by atoms with van der Waals surface area (Å²) in [6.07, 6.45) is 2.85. The topological polar surface area (TPSA) is 55.1 Å². The Hall–Kier alpha value is -4.58. The number of hydrogen-bond donors (Lipinski definition) is 1. The van der Waals surface area contributed by atoms with Crippen molar-refractivity contribution >= 4 is 11.7 Å². The van der Waals surface area contributed by atoms with Gasteiger partial charge in [-0.25, -0.2) is 9.48 Å². The Morgan fingerprint density at radius 3 is 2.45 bits per heavy atom. The third kappa shape index (κ3) is 4.18. The van der Waals surface area contributed by atoms with E-state index in [0.29, 0.717) is 6.54 Å². The Morgan fingerprint density at radius 2 is 1.71 bits per heavy atom. The van der Waals surface area contributed by atoms with E-state index in [4.69, 9.17) is 5.10 Å². The number of benzene rings is 3. The van der Waals surface area contributed by atoms with E-state index in [1.807, 2.05) is 59.0 Å². The predicted molar refractivity (Wildman–Crippen MR) is 151 cm³/mol.